The zero-order valence-corrected chi connectivity index (χ0v) is 9.82. The Kier molecular flexibility index (Phi) is 4.34. The van der Waals surface area contributed by atoms with E-state index >= 15 is 0 Å². The van der Waals surface area contributed by atoms with Gasteiger partial charge in [-0.2, -0.15) is 0 Å². The molecule has 2 rings (SSSR count). The molecule has 1 aromatic rings. The van der Waals surface area contributed by atoms with Crippen LogP contribution in [0.3, 0.4) is 0 Å². The number of hydrogen-bond donors (Lipinski definition) is 1. The molecule has 4 heteroatoms. The molecular formula is C13H18FNO2. The average Bonchev–Trinajstić information content (AvgIpc) is 2.38. The number of hydrogen-bond acceptors (Lipinski definition) is 3. The zero-order valence-electron chi connectivity index (χ0n) is 9.82. The van der Waals surface area contributed by atoms with Gasteiger partial charge >= 0.3 is 0 Å². The third-order valence-corrected chi connectivity index (χ3v) is 2.95. The Labute approximate surface area is 101 Å². The summed E-state index contributed by atoms with van der Waals surface area (Å²) in [5, 5.41) is 0. The summed E-state index contributed by atoms with van der Waals surface area (Å²) < 4.78 is 24.5. The van der Waals surface area contributed by atoms with Crippen LogP contribution in [0.4, 0.5) is 4.39 Å². The van der Waals surface area contributed by atoms with Crippen molar-refractivity contribution in [2.45, 2.75) is 31.9 Å². The van der Waals surface area contributed by atoms with E-state index in [2.05, 4.69) is 0 Å². The van der Waals surface area contributed by atoms with Crippen LogP contribution >= 0.6 is 0 Å². The number of benzene rings is 1. The first-order valence-corrected chi connectivity index (χ1v) is 6.02. The van der Waals surface area contributed by atoms with E-state index in [0.717, 1.165) is 19.4 Å². The van der Waals surface area contributed by atoms with Crippen LogP contribution in [0, 0.1) is 5.82 Å². The van der Waals surface area contributed by atoms with Crippen molar-refractivity contribution >= 4 is 0 Å². The molecule has 0 aromatic heterocycles. The Morgan fingerprint density at radius 1 is 1.41 bits per heavy atom. The minimum absolute atomic E-state index is 0.140. The highest BCUT2D eigenvalue weighted by Gasteiger charge is 2.14. The molecule has 1 atom stereocenters. The smallest absolute Gasteiger partial charge is 0.131 e. The van der Waals surface area contributed by atoms with Gasteiger partial charge in [-0.1, -0.05) is 6.07 Å². The monoisotopic (exact) mass is 239 g/mol. The Morgan fingerprint density at radius 2 is 2.29 bits per heavy atom. The number of halogens is 1. The van der Waals surface area contributed by atoms with Crippen LogP contribution in [0.15, 0.2) is 18.2 Å². The largest absolute Gasteiger partial charge is 0.491 e. The summed E-state index contributed by atoms with van der Waals surface area (Å²) in [6, 6.07) is 4.78. The second kappa shape index (κ2) is 5.98. The summed E-state index contributed by atoms with van der Waals surface area (Å²) in [6.45, 7) is 1.49. The van der Waals surface area contributed by atoms with Gasteiger partial charge in [0.1, 0.15) is 18.2 Å². The highest BCUT2D eigenvalue weighted by molar-refractivity contribution is 5.28. The van der Waals surface area contributed by atoms with Crippen molar-refractivity contribution in [1.82, 2.24) is 0 Å². The summed E-state index contributed by atoms with van der Waals surface area (Å²) in [4.78, 5) is 0. The molecule has 1 heterocycles. The van der Waals surface area contributed by atoms with Crippen molar-refractivity contribution in [3.8, 4) is 5.75 Å². The molecule has 1 unspecified atom stereocenters. The summed E-state index contributed by atoms with van der Waals surface area (Å²) in [7, 11) is 0. The molecule has 1 aliphatic rings. The van der Waals surface area contributed by atoms with Crippen LogP contribution in [-0.2, 0) is 11.3 Å². The number of ether oxygens (including phenoxy) is 2. The summed E-state index contributed by atoms with van der Waals surface area (Å²) in [6.07, 6.45) is 3.45. The SMILES string of the molecule is NCc1ccc(OCC2CCCCO2)cc1F. The Bertz CT molecular complexity index is 364. The van der Waals surface area contributed by atoms with Crippen molar-refractivity contribution < 1.29 is 13.9 Å². The highest BCUT2D eigenvalue weighted by atomic mass is 19.1. The van der Waals surface area contributed by atoms with Gasteiger partial charge in [0.15, 0.2) is 0 Å². The van der Waals surface area contributed by atoms with E-state index in [1.165, 1.54) is 12.5 Å². The fourth-order valence-corrected chi connectivity index (χ4v) is 1.91. The third kappa shape index (κ3) is 3.41. The number of rotatable bonds is 4. The predicted octanol–water partition coefficient (Wildman–Crippen LogP) is 2.23. The van der Waals surface area contributed by atoms with Crippen LogP contribution in [0.2, 0.25) is 0 Å². The van der Waals surface area contributed by atoms with Crippen LogP contribution in [0.25, 0.3) is 0 Å². The van der Waals surface area contributed by atoms with Gasteiger partial charge in [-0.25, -0.2) is 4.39 Å². The molecule has 17 heavy (non-hydrogen) atoms. The molecule has 94 valence electrons. The van der Waals surface area contributed by atoms with Crippen molar-refractivity contribution in [2.75, 3.05) is 13.2 Å². The second-order valence-electron chi connectivity index (χ2n) is 4.26. The molecule has 0 radical (unpaired) electrons. The number of nitrogens with two attached hydrogens (primary N) is 1. The second-order valence-corrected chi connectivity index (χ2v) is 4.26. The van der Waals surface area contributed by atoms with E-state index in [9.17, 15) is 4.39 Å². The first kappa shape index (κ1) is 12.3. The maximum absolute atomic E-state index is 13.4. The maximum Gasteiger partial charge on any atom is 0.131 e. The van der Waals surface area contributed by atoms with E-state index in [1.54, 1.807) is 12.1 Å². The fraction of sp³-hybridized carbons (Fsp3) is 0.538. The minimum atomic E-state index is -0.311. The molecule has 0 aliphatic carbocycles. The summed E-state index contributed by atoms with van der Waals surface area (Å²) >= 11 is 0. The van der Waals surface area contributed by atoms with Crippen molar-refractivity contribution in [1.29, 1.82) is 0 Å². The van der Waals surface area contributed by atoms with E-state index in [4.69, 9.17) is 15.2 Å². The van der Waals surface area contributed by atoms with Crippen molar-refractivity contribution in [2.24, 2.45) is 5.73 Å². The van der Waals surface area contributed by atoms with Crippen LogP contribution in [0.1, 0.15) is 24.8 Å². The van der Waals surface area contributed by atoms with Crippen molar-refractivity contribution in [3.63, 3.8) is 0 Å². The van der Waals surface area contributed by atoms with Crippen LogP contribution in [-0.4, -0.2) is 19.3 Å². The molecule has 1 aliphatic heterocycles. The van der Waals surface area contributed by atoms with Crippen LogP contribution in [0.5, 0.6) is 5.75 Å². The Hall–Kier alpha value is -1.13. The maximum atomic E-state index is 13.4. The summed E-state index contributed by atoms with van der Waals surface area (Å²) in [5.41, 5.74) is 5.90. The quantitative estimate of drug-likeness (QED) is 0.876. The lowest BCUT2D eigenvalue weighted by atomic mass is 10.1. The molecule has 1 saturated heterocycles. The Balaban J connectivity index is 1.87. The average molecular weight is 239 g/mol. The molecule has 0 bridgehead atoms. The van der Waals surface area contributed by atoms with E-state index in [0.29, 0.717) is 17.9 Å². The predicted molar refractivity (Wildman–Crippen MR) is 63.4 cm³/mol. The first-order chi connectivity index (χ1) is 8.29. The molecular weight excluding hydrogens is 221 g/mol. The van der Waals surface area contributed by atoms with E-state index in [1.807, 2.05) is 0 Å². The van der Waals surface area contributed by atoms with Gasteiger partial charge in [0.25, 0.3) is 0 Å². The molecule has 1 fully saturated rings. The normalized spacial score (nSPS) is 20.2. The van der Waals surface area contributed by atoms with Gasteiger partial charge in [0.05, 0.1) is 6.10 Å². The minimum Gasteiger partial charge on any atom is -0.491 e. The van der Waals surface area contributed by atoms with E-state index < -0.39 is 0 Å². The van der Waals surface area contributed by atoms with Gasteiger partial charge in [-0.15, -0.1) is 0 Å². The fourth-order valence-electron chi connectivity index (χ4n) is 1.91. The summed E-state index contributed by atoms with van der Waals surface area (Å²) in [5.74, 6) is 0.225. The molecule has 1 aromatic carbocycles. The highest BCUT2D eigenvalue weighted by Crippen LogP contribution is 2.18. The van der Waals surface area contributed by atoms with Gasteiger partial charge in [-0.3, -0.25) is 0 Å². The van der Waals surface area contributed by atoms with Gasteiger partial charge < -0.3 is 15.2 Å². The van der Waals surface area contributed by atoms with Crippen LogP contribution < -0.4 is 10.5 Å². The molecule has 3 nitrogen and oxygen atoms in total. The van der Waals surface area contributed by atoms with E-state index in [-0.39, 0.29) is 18.5 Å². The molecule has 0 amide bonds. The van der Waals surface area contributed by atoms with Crippen molar-refractivity contribution in [3.05, 3.63) is 29.6 Å². The topological polar surface area (TPSA) is 44.5 Å². The van der Waals surface area contributed by atoms with Gasteiger partial charge in [0, 0.05) is 24.8 Å². The lowest BCUT2D eigenvalue weighted by Gasteiger charge is -2.22. The zero-order chi connectivity index (χ0) is 12.1. The Morgan fingerprint density at radius 3 is 2.94 bits per heavy atom. The first-order valence-electron chi connectivity index (χ1n) is 6.02. The van der Waals surface area contributed by atoms with Gasteiger partial charge in [0.2, 0.25) is 0 Å². The van der Waals surface area contributed by atoms with Gasteiger partial charge in [-0.05, 0) is 25.3 Å². The molecule has 0 spiro atoms. The molecule has 2 N–H and O–H groups in total. The standard InChI is InChI=1S/C13H18FNO2/c14-13-7-11(5-4-10(13)8-15)17-9-12-3-1-2-6-16-12/h4-5,7,12H,1-3,6,8-9,15H2. The molecule has 0 saturated carbocycles. The lowest BCUT2D eigenvalue weighted by molar-refractivity contribution is -0.0111. The lowest BCUT2D eigenvalue weighted by Crippen LogP contribution is -2.25. The third-order valence-electron chi connectivity index (χ3n) is 2.95.